The van der Waals surface area contributed by atoms with Gasteiger partial charge in [0.2, 0.25) is 0 Å². The quantitative estimate of drug-likeness (QED) is 0.707. The molecular weight excluding hydrogens is 328 g/mol. The second kappa shape index (κ2) is 7.74. The molecule has 1 atom stereocenters. The van der Waals surface area contributed by atoms with Crippen LogP contribution in [-0.4, -0.2) is 39.9 Å². The summed E-state index contributed by atoms with van der Waals surface area (Å²) in [7, 11) is 3.39. The highest BCUT2D eigenvalue weighted by molar-refractivity contribution is 5.93. The number of aromatic nitrogens is 3. The minimum Gasteiger partial charge on any atom is -0.497 e. The van der Waals surface area contributed by atoms with Crippen molar-refractivity contribution in [3.8, 4) is 17.1 Å². The monoisotopic (exact) mass is 348 g/mol. The minimum atomic E-state index is -0.141. The van der Waals surface area contributed by atoms with Gasteiger partial charge in [-0.1, -0.05) is 12.1 Å². The molecule has 0 spiro atoms. The first-order valence-corrected chi connectivity index (χ1v) is 8.23. The van der Waals surface area contributed by atoms with Crippen molar-refractivity contribution in [3.63, 3.8) is 0 Å². The summed E-state index contributed by atoms with van der Waals surface area (Å²) in [6.45, 7) is 1.97. The van der Waals surface area contributed by atoms with E-state index in [1.165, 1.54) is 0 Å². The van der Waals surface area contributed by atoms with E-state index in [2.05, 4.69) is 15.0 Å². The van der Waals surface area contributed by atoms with Crippen LogP contribution >= 0.6 is 0 Å². The maximum Gasteiger partial charge on any atom is 0.257 e. The van der Waals surface area contributed by atoms with Crippen LogP contribution < -0.4 is 4.74 Å². The Kier molecular flexibility index (Phi) is 5.22. The first-order chi connectivity index (χ1) is 12.6. The van der Waals surface area contributed by atoms with Crippen molar-refractivity contribution in [1.29, 1.82) is 0 Å². The van der Waals surface area contributed by atoms with E-state index >= 15 is 0 Å². The molecular formula is C20H20N4O2. The molecule has 0 aliphatic heterocycles. The molecule has 3 rings (SSSR count). The molecule has 6 nitrogen and oxygen atoms in total. The largest absolute Gasteiger partial charge is 0.497 e. The summed E-state index contributed by atoms with van der Waals surface area (Å²) in [4.78, 5) is 27.1. The topological polar surface area (TPSA) is 68.2 Å². The summed E-state index contributed by atoms with van der Waals surface area (Å²) in [5.41, 5.74) is 2.24. The van der Waals surface area contributed by atoms with Crippen LogP contribution in [0, 0.1) is 0 Å². The smallest absolute Gasteiger partial charge is 0.257 e. The number of pyridine rings is 1. The predicted octanol–water partition coefficient (Wildman–Crippen LogP) is 3.38. The van der Waals surface area contributed by atoms with E-state index in [1.54, 1.807) is 43.8 Å². The summed E-state index contributed by atoms with van der Waals surface area (Å²) in [6, 6.07) is 11.3. The van der Waals surface area contributed by atoms with Gasteiger partial charge in [-0.25, -0.2) is 9.97 Å². The SMILES string of the molecule is COc1cccc(C(C)N(C)C(=O)c2cnc(-c3cccnc3)nc2)c1. The zero-order chi connectivity index (χ0) is 18.5. The summed E-state index contributed by atoms with van der Waals surface area (Å²) in [5.74, 6) is 1.16. The maximum absolute atomic E-state index is 12.8. The van der Waals surface area contributed by atoms with Crippen LogP contribution in [-0.2, 0) is 0 Å². The number of methoxy groups -OCH3 is 1. The number of carbonyl (C=O) groups excluding carboxylic acids is 1. The molecule has 2 heterocycles. The van der Waals surface area contributed by atoms with E-state index in [9.17, 15) is 4.79 Å². The van der Waals surface area contributed by atoms with Crippen molar-refractivity contribution in [2.75, 3.05) is 14.2 Å². The highest BCUT2D eigenvalue weighted by Gasteiger charge is 2.20. The Morgan fingerprint density at radius 3 is 2.54 bits per heavy atom. The van der Waals surface area contributed by atoms with Gasteiger partial charge in [0.05, 0.1) is 18.7 Å². The van der Waals surface area contributed by atoms with Crippen LogP contribution in [0.15, 0.2) is 61.2 Å². The number of nitrogens with zero attached hydrogens (tertiary/aromatic N) is 4. The van der Waals surface area contributed by atoms with Gasteiger partial charge < -0.3 is 9.64 Å². The highest BCUT2D eigenvalue weighted by atomic mass is 16.5. The Morgan fingerprint density at radius 1 is 1.12 bits per heavy atom. The lowest BCUT2D eigenvalue weighted by Crippen LogP contribution is -2.29. The van der Waals surface area contributed by atoms with Crippen LogP contribution in [0.5, 0.6) is 5.75 Å². The Hall–Kier alpha value is -3.28. The molecule has 1 aromatic carbocycles. The molecule has 0 aliphatic rings. The van der Waals surface area contributed by atoms with Crippen molar-refractivity contribution in [2.24, 2.45) is 0 Å². The third-order valence-electron chi connectivity index (χ3n) is 4.30. The van der Waals surface area contributed by atoms with E-state index in [1.807, 2.05) is 43.3 Å². The van der Waals surface area contributed by atoms with E-state index in [4.69, 9.17) is 4.74 Å². The first-order valence-electron chi connectivity index (χ1n) is 8.23. The van der Waals surface area contributed by atoms with Gasteiger partial charge in [0, 0.05) is 37.4 Å². The van der Waals surface area contributed by atoms with E-state index < -0.39 is 0 Å². The zero-order valence-electron chi connectivity index (χ0n) is 15.0. The first kappa shape index (κ1) is 17.5. The molecule has 0 aliphatic carbocycles. The fraction of sp³-hybridized carbons (Fsp3) is 0.200. The predicted molar refractivity (Wildman–Crippen MR) is 98.8 cm³/mol. The van der Waals surface area contributed by atoms with Crippen LogP contribution in [0.1, 0.15) is 28.9 Å². The van der Waals surface area contributed by atoms with Crippen molar-refractivity contribution >= 4 is 5.91 Å². The highest BCUT2D eigenvalue weighted by Crippen LogP contribution is 2.24. The number of hydrogen-bond donors (Lipinski definition) is 0. The zero-order valence-corrected chi connectivity index (χ0v) is 15.0. The van der Waals surface area contributed by atoms with Gasteiger partial charge in [-0.2, -0.15) is 0 Å². The number of benzene rings is 1. The third-order valence-corrected chi connectivity index (χ3v) is 4.30. The van der Waals surface area contributed by atoms with Crippen molar-refractivity contribution in [2.45, 2.75) is 13.0 Å². The second-order valence-electron chi connectivity index (χ2n) is 5.91. The molecule has 6 heteroatoms. The van der Waals surface area contributed by atoms with Gasteiger partial charge >= 0.3 is 0 Å². The fourth-order valence-electron chi connectivity index (χ4n) is 2.59. The average molecular weight is 348 g/mol. The molecule has 132 valence electrons. The number of rotatable bonds is 5. The van der Waals surface area contributed by atoms with Gasteiger partial charge in [-0.05, 0) is 36.8 Å². The molecule has 0 saturated heterocycles. The summed E-state index contributed by atoms with van der Waals surface area (Å²) >= 11 is 0. The van der Waals surface area contributed by atoms with Crippen molar-refractivity contribution in [1.82, 2.24) is 19.9 Å². The van der Waals surface area contributed by atoms with Gasteiger partial charge in [0.25, 0.3) is 5.91 Å². The maximum atomic E-state index is 12.8. The summed E-state index contributed by atoms with van der Waals surface area (Å²) in [5, 5.41) is 0. The molecule has 26 heavy (non-hydrogen) atoms. The molecule has 1 unspecified atom stereocenters. The average Bonchev–Trinajstić information content (AvgIpc) is 2.73. The number of hydrogen-bond acceptors (Lipinski definition) is 5. The van der Waals surface area contributed by atoms with Crippen LogP contribution in [0.4, 0.5) is 0 Å². The normalized spacial score (nSPS) is 11.7. The van der Waals surface area contributed by atoms with Gasteiger partial charge in [-0.15, -0.1) is 0 Å². The van der Waals surface area contributed by atoms with Crippen LogP contribution in [0.3, 0.4) is 0 Å². The van der Waals surface area contributed by atoms with Gasteiger partial charge in [0.1, 0.15) is 5.75 Å². The Labute approximate surface area is 152 Å². The summed E-state index contributed by atoms with van der Waals surface area (Å²) < 4.78 is 5.26. The summed E-state index contributed by atoms with van der Waals surface area (Å²) in [6.07, 6.45) is 6.48. The van der Waals surface area contributed by atoms with E-state index in [-0.39, 0.29) is 11.9 Å². The molecule has 0 radical (unpaired) electrons. The lowest BCUT2D eigenvalue weighted by Gasteiger charge is -2.25. The molecule has 0 fully saturated rings. The third kappa shape index (κ3) is 3.69. The van der Waals surface area contributed by atoms with E-state index in [0.29, 0.717) is 11.4 Å². The minimum absolute atomic E-state index is 0.115. The van der Waals surface area contributed by atoms with Gasteiger partial charge in [-0.3, -0.25) is 9.78 Å². The molecule has 0 bridgehead atoms. The van der Waals surface area contributed by atoms with Crippen molar-refractivity contribution < 1.29 is 9.53 Å². The number of carbonyl (C=O) groups is 1. The molecule has 2 aromatic heterocycles. The standard InChI is InChI=1S/C20H20N4O2/c1-14(15-6-4-8-18(10-15)26-3)24(2)20(25)17-12-22-19(23-13-17)16-7-5-9-21-11-16/h4-14H,1-3H3. The second-order valence-corrected chi connectivity index (χ2v) is 5.91. The van der Waals surface area contributed by atoms with Crippen LogP contribution in [0.2, 0.25) is 0 Å². The molecule has 0 N–H and O–H groups in total. The molecule has 3 aromatic rings. The Bertz CT molecular complexity index is 882. The lowest BCUT2D eigenvalue weighted by atomic mass is 10.1. The molecule has 0 saturated carbocycles. The van der Waals surface area contributed by atoms with Crippen LogP contribution in [0.25, 0.3) is 11.4 Å². The number of ether oxygens (including phenoxy) is 1. The molecule has 1 amide bonds. The van der Waals surface area contributed by atoms with Crippen molar-refractivity contribution in [3.05, 3.63) is 72.3 Å². The lowest BCUT2D eigenvalue weighted by molar-refractivity contribution is 0.0741. The number of amides is 1. The fourth-order valence-corrected chi connectivity index (χ4v) is 2.59. The Balaban J connectivity index is 1.77. The van der Waals surface area contributed by atoms with Gasteiger partial charge in [0.15, 0.2) is 5.82 Å². The Morgan fingerprint density at radius 2 is 1.88 bits per heavy atom. The van der Waals surface area contributed by atoms with E-state index in [0.717, 1.165) is 16.9 Å².